The fourth-order valence-electron chi connectivity index (χ4n) is 0.866. The maximum atomic E-state index is 11.2. The quantitative estimate of drug-likeness (QED) is 0.309. The summed E-state index contributed by atoms with van der Waals surface area (Å²) >= 11 is 0. The molecular weight excluding hydrogens is 186 g/mol. The van der Waals surface area contributed by atoms with Crippen molar-refractivity contribution in [3.63, 3.8) is 0 Å². The Bertz CT molecular complexity index is 299. The topological polar surface area (TPSA) is 65.0 Å². The van der Waals surface area contributed by atoms with Crippen LogP contribution in [0.5, 0.6) is 0 Å². The molecule has 0 spiro atoms. The van der Waals surface area contributed by atoms with Gasteiger partial charge >= 0.3 is 5.97 Å². The molecule has 0 saturated heterocycles. The van der Waals surface area contributed by atoms with Crippen LogP contribution >= 0.6 is 0 Å². The number of hydrogen-bond acceptors (Lipinski definition) is 5. The second-order valence-corrected chi connectivity index (χ2v) is 2.41. The highest BCUT2D eigenvalue weighted by atomic mass is 16.7. The van der Waals surface area contributed by atoms with E-state index in [4.69, 9.17) is 4.74 Å². The van der Waals surface area contributed by atoms with E-state index in [1.165, 1.54) is 0 Å². The first-order valence-corrected chi connectivity index (χ1v) is 4.01. The average molecular weight is 195 g/mol. The Morgan fingerprint density at radius 1 is 1.21 bits per heavy atom. The predicted molar refractivity (Wildman–Crippen MR) is 48.5 cm³/mol. The molecule has 1 aromatic carbocycles. The SMILES string of the molecule is O=NOCCOC(=O)c1ccccc1. The summed E-state index contributed by atoms with van der Waals surface area (Å²) in [6.45, 7) is -0.0124. The Morgan fingerprint density at radius 2 is 1.93 bits per heavy atom. The molecule has 0 bridgehead atoms. The highest BCUT2D eigenvalue weighted by Gasteiger charge is 2.04. The van der Waals surface area contributed by atoms with Crippen LogP contribution in [0.4, 0.5) is 0 Å². The lowest BCUT2D eigenvalue weighted by atomic mass is 10.2. The van der Waals surface area contributed by atoms with E-state index in [1.54, 1.807) is 30.3 Å². The summed E-state index contributed by atoms with van der Waals surface area (Å²) in [7, 11) is 0. The Balaban J connectivity index is 2.32. The summed E-state index contributed by atoms with van der Waals surface area (Å²) < 4.78 is 4.77. The van der Waals surface area contributed by atoms with Gasteiger partial charge in [0.05, 0.1) is 5.56 Å². The normalized spacial score (nSPS) is 9.14. The van der Waals surface area contributed by atoms with Crippen molar-refractivity contribution in [2.75, 3.05) is 13.2 Å². The minimum Gasteiger partial charge on any atom is -0.458 e. The standard InChI is InChI=1S/C9H9NO4/c11-9(13-6-7-14-10-12)8-4-2-1-3-5-8/h1-5H,6-7H2. The molecule has 0 aromatic heterocycles. The van der Waals surface area contributed by atoms with Crippen molar-refractivity contribution in [1.82, 2.24) is 0 Å². The molecule has 0 aliphatic carbocycles. The number of nitrogens with zero attached hydrogens (tertiary/aromatic N) is 1. The Kier molecular flexibility index (Phi) is 4.13. The molecule has 1 aromatic rings. The first-order chi connectivity index (χ1) is 6.84. The number of benzene rings is 1. The third kappa shape index (κ3) is 3.22. The Hall–Kier alpha value is -1.91. The van der Waals surface area contributed by atoms with Gasteiger partial charge in [-0.2, -0.15) is 0 Å². The fourth-order valence-corrected chi connectivity index (χ4v) is 0.866. The Morgan fingerprint density at radius 3 is 2.57 bits per heavy atom. The van der Waals surface area contributed by atoms with Crippen LogP contribution in [-0.4, -0.2) is 19.2 Å². The molecule has 0 unspecified atom stereocenters. The van der Waals surface area contributed by atoms with Crippen LogP contribution in [-0.2, 0) is 9.57 Å². The van der Waals surface area contributed by atoms with E-state index in [-0.39, 0.29) is 13.2 Å². The van der Waals surface area contributed by atoms with Crippen LogP contribution in [0.15, 0.2) is 35.7 Å². The van der Waals surface area contributed by atoms with Crippen molar-refractivity contribution in [3.05, 3.63) is 40.8 Å². The molecule has 5 heteroatoms. The van der Waals surface area contributed by atoms with Crippen molar-refractivity contribution < 1.29 is 14.4 Å². The van der Waals surface area contributed by atoms with Gasteiger partial charge < -0.3 is 9.57 Å². The zero-order chi connectivity index (χ0) is 10.2. The summed E-state index contributed by atoms with van der Waals surface area (Å²) in [6.07, 6.45) is 0. The highest BCUT2D eigenvalue weighted by molar-refractivity contribution is 5.89. The molecule has 14 heavy (non-hydrogen) atoms. The highest BCUT2D eigenvalue weighted by Crippen LogP contribution is 2.00. The molecule has 0 aliphatic rings. The summed E-state index contributed by atoms with van der Waals surface area (Å²) in [4.78, 5) is 24.8. The zero-order valence-electron chi connectivity index (χ0n) is 7.38. The number of ether oxygens (including phenoxy) is 1. The van der Waals surface area contributed by atoms with Gasteiger partial charge in [0, 0.05) is 0 Å². The molecule has 74 valence electrons. The molecule has 0 N–H and O–H groups in total. The Labute approximate surface area is 80.6 Å². The fraction of sp³-hybridized carbons (Fsp3) is 0.222. The third-order valence-corrected chi connectivity index (χ3v) is 1.47. The van der Waals surface area contributed by atoms with E-state index < -0.39 is 5.97 Å². The van der Waals surface area contributed by atoms with Crippen molar-refractivity contribution in [2.24, 2.45) is 5.34 Å². The second-order valence-electron chi connectivity index (χ2n) is 2.41. The van der Waals surface area contributed by atoms with Crippen LogP contribution in [0.1, 0.15) is 10.4 Å². The van der Waals surface area contributed by atoms with Gasteiger partial charge in [-0.3, -0.25) is 0 Å². The van der Waals surface area contributed by atoms with E-state index in [0.29, 0.717) is 5.56 Å². The van der Waals surface area contributed by atoms with E-state index >= 15 is 0 Å². The zero-order valence-corrected chi connectivity index (χ0v) is 7.38. The lowest BCUT2D eigenvalue weighted by molar-refractivity contribution is 0.0321. The number of hydrogen-bond donors (Lipinski definition) is 0. The van der Waals surface area contributed by atoms with Crippen molar-refractivity contribution in [3.8, 4) is 0 Å². The van der Waals surface area contributed by atoms with Crippen LogP contribution < -0.4 is 0 Å². The maximum Gasteiger partial charge on any atom is 0.338 e. The van der Waals surface area contributed by atoms with Crippen LogP contribution in [0.25, 0.3) is 0 Å². The smallest absolute Gasteiger partial charge is 0.338 e. The first kappa shape index (κ1) is 10.2. The summed E-state index contributed by atoms with van der Waals surface area (Å²) in [6, 6.07) is 8.55. The summed E-state index contributed by atoms with van der Waals surface area (Å²) in [5, 5.41) is 2.16. The monoisotopic (exact) mass is 195 g/mol. The minimum absolute atomic E-state index is 0.0134. The molecular formula is C9H9NO4. The van der Waals surface area contributed by atoms with Crippen LogP contribution in [0.2, 0.25) is 0 Å². The molecule has 1 rings (SSSR count). The van der Waals surface area contributed by atoms with Crippen molar-refractivity contribution in [2.45, 2.75) is 0 Å². The number of rotatable bonds is 5. The minimum atomic E-state index is -0.444. The van der Waals surface area contributed by atoms with E-state index in [1.807, 2.05) is 0 Å². The van der Waals surface area contributed by atoms with Gasteiger partial charge in [0.15, 0.2) is 11.9 Å². The third-order valence-electron chi connectivity index (χ3n) is 1.47. The summed E-state index contributed by atoms with van der Waals surface area (Å²) in [5.41, 5.74) is 0.464. The molecule has 0 atom stereocenters. The summed E-state index contributed by atoms with van der Waals surface area (Å²) in [5.74, 6) is -0.444. The first-order valence-electron chi connectivity index (χ1n) is 4.01. The number of carbonyl (C=O) groups excluding carboxylic acids is 1. The van der Waals surface area contributed by atoms with Gasteiger partial charge in [0.1, 0.15) is 6.61 Å². The van der Waals surface area contributed by atoms with Crippen molar-refractivity contribution in [1.29, 1.82) is 0 Å². The van der Waals surface area contributed by atoms with Gasteiger partial charge in [-0.05, 0) is 12.1 Å². The van der Waals surface area contributed by atoms with Crippen LogP contribution in [0, 0.1) is 4.91 Å². The largest absolute Gasteiger partial charge is 0.458 e. The molecule has 0 saturated carbocycles. The number of esters is 1. The van der Waals surface area contributed by atoms with E-state index in [0.717, 1.165) is 0 Å². The van der Waals surface area contributed by atoms with Gasteiger partial charge in [-0.25, -0.2) is 4.79 Å². The van der Waals surface area contributed by atoms with Gasteiger partial charge in [0.2, 0.25) is 0 Å². The molecule has 0 aliphatic heterocycles. The molecule has 0 heterocycles. The predicted octanol–water partition coefficient (Wildman–Crippen LogP) is 1.54. The molecule has 5 nitrogen and oxygen atoms in total. The van der Waals surface area contributed by atoms with Gasteiger partial charge in [0.25, 0.3) is 0 Å². The average Bonchev–Trinajstić information content (AvgIpc) is 2.25. The van der Waals surface area contributed by atoms with E-state index in [9.17, 15) is 9.70 Å². The lowest BCUT2D eigenvalue weighted by Crippen LogP contribution is -2.09. The van der Waals surface area contributed by atoms with Gasteiger partial charge in [-0.15, -0.1) is 4.91 Å². The molecule has 0 radical (unpaired) electrons. The second kappa shape index (κ2) is 5.69. The molecule has 0 amide bonds. The van der Waals surface area contributed by atoms with Gasteiger partial charge in [-0.1, -0.05) is 18.2 Å². The number of carbonyl (C=O) groups is 1. The van der Waals surface area contributed by atoms with E-state index in [2.05, 4.69) is 10.2 Å². The molecule has 0 fully saturated rings. The van der Waals surface area contributed by atoms with Crippen molar-refractivity contribution >= 4 is 5.97 Å². The maximum absolute atomic E-state index is 11.2. The lowest BCUT2D eigenvalue weighted by Gasteiger charge is -2.02. The van der Waals surface area contributed by atoms with Crippen LogP contribution in [0.3, 0.4) is 0 Å².